The molecular weight excluding hydrogens is 324 g/mol. The van der Waals surface area contributed by atoms with E-state index in [1.165, 1.54) is 11.1 Å². The third-order valence-electron chi connectivity index (χ3n) is 5.00. The summed E-state index contributed by atoms with van der Waals surface area (Å²) in [6.45, 7) is 0. The SMILES string of the molecule is COc1ccc([C@H]2C[C@@H](c3ccccc3)c3cc(OC)ccc3O2)cc1. The van der Waals surface area contributed by atoms with Gasteiger partial charge in [0.25, 0.3) is 0 Å². The van der Waals surface area contributed by atoms with E-state index in [2.05, 4.69) is 48.5 Å². The number of ether oxygens (including phenoxy) is 3. The van der Waals surface area contributed by atoms with Gasteiger partial charge in [-0.1, -0.05) is 42.5 Å². The average molecular weight is 346 g/mol. The van der Waals surface area contributed by atoms with Crippen LogP contribution in [0.5, 0.6) is 17.2 Å². The van der Waals surface area contributed by atoms with E-state index >= 15 is 0 Å². The zero-order chi connectivity index (χ0) is 17.9. The van der Waals surface area contributed by atoms with E-state index in [1.54, 1.807) is 14.2 Å². The second-order valence-electron chi connectivity index (χ2n) is 6.48. The second kappa shape index (κ2) is 7.12. The van der Waals surface area contributed by atoms with Crippen LogP contribution in [-0.2, 0) is 0 Å². The summed E-state index contributed by atoms with van der Waals surface area (Å²) in [6.07, 6.45) is 0.892. The number of rotatable bonds is 4. The summed E-state index contributed by atoms with van der Waals surface area (Å²) in [6, 6.07) is 24.8. The number of fused-ring (bicyclic) bond motifs is 1. The van der Waals surface area contributed by atoms with E-state index in [1.807, 2.05) is 24.3 Å². The quantitative estimate of drug-likeness (QED) is 0.636. The number of methoxy groups -OCH3 is 2. The summed E-state index contributed by atoms with van der Waals surface area (Å²) in [5.41, 5.74) is 3.64. The summed E-state index contributed by atoms with van der Waals surface area (Å²) in [4.78, 5) is 0. The van der Waals surface area contributed by atoms with Crippen LogP contribution >= 0.6 is 0 Å². The smallest absolute Gasteiger partial charge is 0.125 e. The van der Waals surface area contributed by atoms with Gasteiger partial charge in [0.15, 0.2) is 0 Å². The minimum atomic E-state index is 0.00649. The number of hydrogen-bond donors (Lipinski definition) is 0. The lowest BCUT2D eigenvalue weighted by atomic mass is 9.82. The van der Waals surface area contributed by atoms with E-state index in [9.17, 15) is 0 Å². The van der Waals surface area contributed by atoms with Crippen molar-refractivity contribution in [1.29, 1.82) is 0 Å². The Labute approximate surface area is 154 Å². The Balaban J connectivity index is 1.74. The van der Waals surface area contributed by atoms with Gasteiger partial charge in [0.2, 0.25) is 0 Å². The molecule has 0 bridgehead atoms. The Hall–Kier alpha value is -2.94. The third kappa shape index (κ3) is 3.13. The minimum Gasteiger partial charge on any atom is -0.497 e. The van der Waals surface area contributed by atoms with Crippen molar-refractivity contribution in [2.75, 3.05) is 14.2 Å². The lowest BCUT2D eigenvalue weighted by Crippen LogP contribution is -2.20. The fourth-order valence-electron chi connectivity index (χ4n) is 3.60. The highest BCUT2D eigenvalue weighted by atomic mass is 16.5. The zero-order valence-electron chi connectivity index (χ0n) is 15.0. The number of benzene rings is 3. The first kappa shape index (κ1) is 16.5. The van der Waals surface area contributed by atoms with Crippen molar-refractivity contribution < 1.29 is 14.2 Å². The van der Waals surface area contributed by atoms with Gasteiger partial charge in [-0.2, -0.15) is 0 Å². The topological polar surface area (TPSA) is 27.7 Å². The Bertz CT molecular complexity index is 872. The van der Waals surface area contributed by atoms with Crippen LogP contribution in [0.4, 0.5) is 0 Å². The molecule has 0 unspecified atom stereocenters. The van der Waals surface area contributed by atoms with E-state index in [4.69, 9.17) is 14.2 Å². The van der Waals surface area contributed by atoms with Gasteiger partial charge in [0.05, 0.1) is 14.2 Å². The molecule has 0 amide bonds. The molecule has 3 nitrogen and oxygen atoms in total. The summed E-state index contributed by atoms with van der Waals surface area (Å²) < 4.78 is 17.1. The van der Waals surface area contributed by atoms with Crippen LogP contribution in [0, 0.1) is 0 Å². The van der Waals surface area contributed by atoms with Gasteiger partial charge in [0, 0.05) is 11.5 Å². The standard InChI is InChI=1S/C23H22O3/c1-24-18-10-8-17(9-11-18)23-15-20(16-6-4-3-5-7-16)21-14-19(25-2)12-13-22(21)26-23/h3-14,20,23H,15H2,1-2H3/t20-,23+/m0/s1. The van der Waals surface area contributed by atoms with Crippen LogP contribution in [0.25, 0.3) is 0 Å². The normalized spacial score (nSPS) is 18.5. The van der Waals surface area contributed by atoms with Gasteiger partial charge in [0.1, 0.15) is 23.4 Å². The molecule has 1 aliphatic rings. The monoisotopic (exact) mass is 346 g/mol. The summed E-state index contributed by atoms with van der Waals surface area (Å²) in [5.74, 6) is 2.90. The van der Waals surface area contributed by atoms with Crippen LogP contribution in [0.2, 0.25) is 0 Å². The Morgan fingerprint density at radius 3 is 2.15 bits per heavy atom. The summed E-state index contributed by atoms with van der Waals surface area (Å²) >= 11 is 0. The molecule has 4 rings (SSSR count). The van der Waals surface area contributed by atoms with Crippen molar-refractivity contribution in [3.8, 4) is 17.2 Å². The molecule has 0 N–H and O–H groups in total. The van der Waals surface area contributed by atoms with Crippen LogP contribution in [-0.4, -0.2) is 14.2 Å². The van der Waals surface area contributed by atoms with Gasteiger partial charge >= 0.3 is 0 Å². The molecule has 0 aromatic heterocycles. The first-order chi connectivity index (χ1) is 12.8. The summed E-state index contributed by atoms with van der Waals surface area (Å²) in [5, 5.41) is 0. The lowest BCUT2D eigenvalue weighted by molar-refractivity contribution is 0.167. The third-order valence-corrected chi connectivity index (χ3v) is 5.00. The first-order valence-corrected chi connectivity index (χ1v) is 8.82. The van der Waals surface area contributed by atoms with Crippen LogP contribution in [0.1, 0.15) is 35.1 Å². The van der Waals surface area contributed by atoms with Crippen molar-refractivity contribution in [1.82, 2.24) is 0 Å². The molecule has 0 saturated heterocycles. The molecule has 1 aliphatic heterocycles. The van der Waals surface area contributed by atoms with Crippen molar-refractivity contribution >= 4 is 0 Å². The lowest BCUT2D eigenvalue weighted by Gasteiger charge is -2.33. The van der Waals surface area contributed by atoms with E-state index in [0.717, 1.165) is 29.2 Å². The molecule has 1 heterocycles. The predicted octanol–water partition coefficient (Wildman–Crippen LogP) is 5.36. The van der Waals surface area contributed by atoms with Gasteiger partial charge < -0.3 is 14.2 Å². The maximum atomic E-state index is 6.35. The van der Waals surface area contributed by atoms with Crippen molar-refractivity contribution in [2.24, 2.45) is 0 Å². The zero-order valence-corrected chi connectivity index (χ0v) is 15.0. The van der Waals surface area contributed by atoms with Gasteiger partial charge in [-0.15, -0.1) is 0 Å². The average Bonchev–Trinajstić information content (AvgIpc) is 2.73. The van der Waals surface area contributed by atoms with Gasteiger partial charge in [-0.05, 0) is 47.9 Å². The largest absolute Gasteiger partial charge is 0.497 e. The summed E-state index contributed by atoms with van der Waals surface area (Å²) in [7, 11) is 3.38. The molecule has 0 aliphatic carbocycles. The highest BCUT2D eigenvalue weighted by Gasteiger charge is 2.30. The molecule has 0 saturated carbocycles. The molecule has 3 heteroatoms. The van der Waals surface area contributed by atoms with Gasteiger partial charge in [-0.3, -0.25) is 0 Å². The Morgan fingerprint density at radius 2 is 1.46 bits per heavy atom. The minimum absolute atomic E-state index is 0.00649. The van der Waals surface area contributed by atoms with E-state index in [-0.39, 0.29) is 12.0 Å². The highest BCUT2D eigenvalue weighted by molar-refractivity contribution is 5.48. The fourth-order valence-corrected chi connectivity index (χ4v) is 3.60. The van der Waals surface area contributed by atoms with Crippen molar-refractivity contribution in [3.05, 3.63) is 89.5 Å². The maximum Gasteiger partial charge on any atom is 0.125 e. The molecule has 0 spiro atoms. The first-order valence-electron chi connectivity index (χ1n) is 8.82. The fraction of sp³-hybridized carbons (Fsp3) is 0.217. The second-order valence-corrected chi connectivity index (χ2v) is 6.48. The van der Waals surface area contributed by atoms with E-state index < -0.39 is 0 Å². The van der Waals surface area contributed by atoms with Crippen LogP contribution < -0.4 is 14.2 Å². The molecule has 3 aromatic carbocycles. The molecule has 3 aromatic rings. The van der Waals surface area contributed by atoms with Crippen molar-refractivity contribution in [2.45, 2.75) is 18.4 Å². The van der Waals surface area contributed by atoms with Gasteiger partial charge in [-0.25, -0.2) is 0 Å². The van der Waals surface area contributed by atoms with E-state index in [0.29, 0.717) is 0 Å². The molecule has 2 atom stereocenters. The highest BCUT2D eigenvalue weighted by Crippen LogP contribution is 2.46. The van der Waals surface area contributed by atoms with Crippen LogP contribution in [0.15, 0.2) is 72.8 Å². The molecule has 26 heavy (non-hydrogen) atoms. The molecule has 0 fully saturated rings. The van der Waals surface area contributed by atoms with Crippen LogP contribution in [0.3, 0.4) is 0 Å². The molecular formula is C23H22O3. The Morgan fingerprint density at radius 1 is 0.769 bits per heavy atom. The molecule has 132 valence electrons. The Kier molecular flexibility index (Phi) is 4.53. The predicted molar refractivity (Wildman–Crippen MR) is 102 cm³/mol. The maximum absolute atomic E-state index is 6.35. The molecule has 0 radical (unpaired) electrons. The van der Waals surface area contributed by atoms with Crippen molar-refractivity contribution in [3.63, 3.8) is 0 Å². The number of hydrogen-bond acceptors (Lipinski definition) is 3.